The summed E-state index contributed by atoms with van der Waals surface area (Å²) in [5.74, 6) is -0.371. The van der Waals surface area contributed by atoms with E-state index in [9.17, 15) is 4.79 Å². The van der Waals surface area contributed by atoms with Crippen LogP contribution in [0.1, 0.15) is 18.6 Å². The minimum Gasteiger partial charge on any atom is -0.452 e. The highest BCUT2D eigenvalue weighted by Gasteiger charge is 2.11. The second-order valence-electron chi connectivity index (χ2n) is 4.32. The zero-order valence-corrected chi connectivity index (χ0v) is 12.8. The molecule has 0 aromatic heterocycles. The number of hydrogen-bond acceptors (Lipinski definition) is 3. The lowest BCUT2D eigenvalue weighted by Crippen LogP contribution is -2.09. The average Bonchev–Trinajstić information content (AvgIpc) is 2.47. The van der Waals surface area contributed by atoms with Gasteiger partial charge in [0, 0.05) is 6.92 Å². The van der Waals surface area contributed by atoms with Crippen molar-refractivity contribution in [3.05, 3.63) is 64.1 Å². The summed E-state index contributed by atoms with van der Waals surface area (Å²) in [4.78, 5) is 15.5. The highest BCUT2D eigenvalue weighted by Crippen LogP contribution is 2.27. The Hall–Kier alpha value is -1.84. The molecular weight excluding hydrogens is 309 g/mol. The minimum atomic E-state index is -0.543. The van der Waals surface area contributed by atoms with E-state index in [1.165, 1.54) is 6.92 Å². The summed E-state index contributed by atoms with van der Waals surface area (Å²) in [6.07, 6.45) is 1.02. The Kier molecular flexibility index (Phi) is 5.37. The Morgan fingerprint density at radius 1 is 1.14 bits per heavy atom. The number of carbonyl (C=O) groups excluding carboxylic acids is 1. The molecule has 0 amide bonds. The summed E-state index contributed by atoms with van der Waals surface area (Å²) in [7, 11) is 0. The first-order valence-electron chi connectivity index (χ1n) is 6.27. The van der Waals surface area contributed by atoms with E-state index in [-0.39, 0.29) is 5.97 Å². The number of carbonyl (C=O) groups is 1. The van der Waals surface area contributed by atoms with E-state index < -0.39 is 6.10 Å². The molecule has 0 radical (unpaired) electrons. The lowest BCUT2D eigenvalue weighted by molar-refractivity contribution is -0.143. The largest absolute Gasteiger partial charge is 0.452 e. The van der Waals surface area contributed by atoms with Crippen LogP contribution < -0.4 is 0 Å². The molecule has 0 aliphatic rings. The molecule has 0 fully saturated rings. The smallest absolute Gasteiger partial charge is 0.303 e. The summed E-state index contributed by atoms with van der Waals surface area (Å²) in [5.41, 5.74) is 1.48. The van der Waals surface area contributed by atoms with Crippen LogP contribution in [-0.4, -0.2) is 12.2 Å². The van der Waals surface area contributed by atoms with Crippen molar-refractivity contribution in [1.82, 2.24) is 0 Å². The summed E-state index contributed by atoms with van der Waals surface area (Å²) in [6.45, 7) is 1.36. The number of nitrogens with zero attached hydrogens (tertiary/aromatic N) is 1. The first-order chi connectivity index (χ1) is 10.1. The van der Waals surface area contributed by atoms with Gasteiger partial charge in [0.15, 0.2) is 6.10 Å². The van der Waals surface area contributed by atoms with E-state index in [1.807, 2.05) is 30.3 Å². The van der Waals surface area contributed by atoms with Crippen LogP contribution in [0.2, 0.25) is 10.0 Å². The monoisotopic (exact) mass is 321 g/mol. The Morgan fingerprint density at radius 2 is 1.86 bits per heavy atom. The number of rotatable bonds is 4. The Morgan fingerprint density at radius 3 is 2.48 bits per heavy atom. The van der Waals surface area contributed by atoms with Crippen molar-refractivity contribution in [2.24, 2.45) is 4.99 Å². The van der Waals surface area contributed by atoms with Crippen molar-refractivity contribution < 1.29 is 9.53 Å². The maximum absolute atomic E-state index is 11.2. The van der Waals surface area contributed by atoms with Crippen molar-refractivity contribution in [3.63, 3.8) is 0 Å². The van der Waals surface area contributed by atoms with Crippen LogP contribution in [0.3, 0.4) is 0 Å². The van der Waals surface area contributed by atoms with Crippen molar-refractivity contribution in [3.8, 4) is 0 Å². The number of halogens is 2. The standard InChI is InChI=1S/C16H13Cl2NO2/c1-11(20)21-16(12-5-3-2-4-6-12)10-19-13-7-8-14(17)15(18)9-13/h2-10,16H,1H3. The van der Waals surface area contributed by atoms with Gasteiger partial charge in [-0.3, -0.25) is 9.79 Å². The lowest BCUT2D eigenvalue weighted by Gasteiger charge is -2.12. The van der Waals surface area contributed by atoms with Gasteiger partial charge in [-0.15, -0.1) is 0 Å². The predicted molar refractivity (Wildman–Crippen MR) is 85.6 cm³/mol. The SMILES string of the molecule is CC(=O)OC(C=Nc1ccc(Cl)c(Cl)c1)c1ccccc1. The van der Waals surface area contributed by atoms with Crippen molar-refractivity contribution in [1.29, 1.82) is 0 Å². The van der Waals surface area contributed by atoms with E-state index in [1.54, 1.807) is 24.4 Å². The highest BCUT2D eigenvalue weighted by molar-refractivity contribution is 6.42. The molecule has 0 saturated carbocycles. The zero-order chi connectivity index (χ0) is 15.2. The molecule has 0 heterocycles. The summed E-state index contributed by atoms with van der Waals surface area (Å²) < 4.78 is 5.26. The summed E-state index contributed by atoms with van der Waals surface area (Å²) >= 11 is 11.8. The zero-order valence-electron chi connectivity index (χ0n) is 11.3. The first-order valence-corrected chi connectivity index (χ1v) is 7.03. The van der Waals surface area contributed by atoms with E-state index in [2.05, 4.69) is 4.99 Å². The molecule has 21 heavy (non-hydrogen) atoms. The first kappa shape index (κ1) is 15.5. The summed E-state index contributed by atoms with van der Waals surface area (Å²) in [6, 6.07) is 14.4. The molecule has 2 aromatic carbocycles. The fourth-order valence-corrected chi connectivity index (χ4v) is 2.02. The van der Waals surface area contributed by atoms with Gasteiger partial charge in [0.05, 0.1) is 21.9 Å². The van der Waals surface area contributed by atoms with Gasteiger partial charge in [0.1, 0.15) is 0 Å². The number of aliphatic imine (C=N–C) groups is 1. The Bertz CT molecular complexity index is 657. The van der Waals surface area contributed by atoms with Gasteiger partial charge in [-0.1, -0.05) is 53.5 Å². The van der Waals surface area contributed by atoms with Gasteiger partial charge >= 0.3 is 5.97 Å². The van der Waals surface area contributed by atoms with Gasteiger partial charge in [0.25, 0.3) is 0 Å². The second kappa shape index (κ2) is 7.25. The van der Waals surface area contributed by atoms with Gasteiger partial charge in [-0.2, -0.15) is 0 Å². The third kappa shape index (κ3) is 4.59. The molecule has 1 atom stereocenters. The molecule has 0 saturated heterocycles. The topological polar surface area (TPSA) is 38.7 Å². The minimum absolute atomic E-state index is 0.371. The highest BCUT2D eigenvalue weighted by atomic mass is 35.5. The van der Waals surface area contributed by atoms with Gasteiger partial charge in [0.2, 0.25) is 0 Å². The van der Waals surface area contributed by atoms with E-state index >= 15 is 0 Å². The molecule has 0 aliphatic carbocycles. The van der Waals surface area contributed by atoms with Crippen molar-refractivity contribution in [2.45, 2.75) is 13.0 Å². The molecule has 2 rings (SSSR count). The quantitative estimate of drug-likeness (QED) is 0.587. The van der Waals surface area contributed by atoms with Crippen molar-refractivity contribution in [2.75, 3.05) is 0 Å². The molecule has 0 spiro atoms. The van der Waals surface area contributed by atoms with Crippen LogP contribution in [0.15, 0.2) is 53.5 Å². The number of benzene rings is 2. The van der Waals surface area contributed by atoms with E-state index in [0.29, 0.717) is 15.7 Å². The maximum atomic E-state index is 11.2. The van der Waals surface area contributed by atoms with Crippen LogP contribution in [-0.2, 0) is 9.53 Å². The van der Waals surface area contributed by atoms with E-state index in [4.69, 9.17) is 27.9 Å². The molecule has 1 unspecified atom stereocenters. The molecule has 0 bridgehead atoms. The Balaban J connectivity index is 2.23. The van der Waals surface area contributed by atoms with Crippen LogP contribution in [0.4, 0.5) is 5.69 Å². The van der Waals surface area contributed by atoms with Crippen LogP contribution in [0.25, 0.3) is 0 Å². The van der Waals surface area contributed by atoms with E-state index in [0.717, 1.165) is 5.56 Å². The molecule has 0 aliphatic heterocycles. The Labute approximate surface area is 133 Å². The number of ether oxygens (including phenoxy) is 1. The summed E-state index contributed by atoms with van der Waals surface area (Å²) in [5, 5.41) is 0.894. The van der Waals surface area contributed by atoms with Gasteiger partial charge in [-0.05, 0) is 23.8 Å². The average molecular weight is 322 g/mol. The molecule has 0 N–H and O–H groups in total. The molecule has 2 aromatic rings. The predicted octanol–water partition coefficient (Wildman–Crippen LogP) is 5.00. The molecule has 108 valence electrons. The lowest BCUT2D eigenvalue weighted by atomic mass is 10.1. The van der Waals surface area contributed by atoms with Crippen LogP contribution in [0, 0.1) is 0 Å². The molecule has 5 heteroatoms. The van der Waals surface area contributed by atoms with Crippen LogP contribution in [0.5, 0.6) is 0 Å². The third-order valence-electron chi connectivity index (χ3n) is 2.68. The third-order valence-corrected chi connectivity index (χ3v) is 3.42. The number of esters is 1. The molecular formula is C16H13Cl2NO2. The fourth-order valence-electron chi connectivity index (χ4n) is 1.73. The second-order valence-corrected chi connectivity index (χ2v) is 5.13. The van der Waals surface area contributed by atoms with Gasteiger partial charge in [-0.25, -0.2) is 0 Å². The van der Waals surface area contributed by atoms with Gasteiger partial charge < -0.3 is 4.74 Å². The van der Waals surface area contributed by atoms with Crippen molar-refractivity contribution >= 4 is 41.1 Å². The normalized spacial score (nSPS) is 12.3. The maximum Gasteiger partial charge on any atom is 0.303 e. The molecule has 3 nitrogen and oxygen atoms in total. The fraction of sp³-hybridized carbons (Fsp3) is 0.125. The van der Waals surface area contributed by atoms with Crippen LogP contribution >= 0.6 is 23.2 Å². The number of hydrogen-bond donors (Lipinski definition) is 0.